The number of H-pyrrole nitrogens is 3. The van der Waals surface area contributed by atoms with Crippen molar-refractivity contribution < 1.29 is 30.0 Å². The van der Waals surface area contributed by atoms with Crippen molar-refractivity contribution >= 4 is 53.7 Å². The Morgan fingerprint density at radius 2 is 1.38 bits per heavy atom. The standard InChI is InChI=1S/C16H17ClN4O2S.C13H12F3N5O2S/c1-16(2,10-11-5-7-12(17)8-6-11)21-24(22,23)15-13-4-3-9-18-14(13)19-20-15;14-13(15,16)9(10-4-2-5-17-10)7-19-24(22,23)12-8-3-1-6-18-11(8)20-21-12/h3-9,21H,10H2,1-2H3,(H,18,19,20);1-6,9,17,19H,7H2,(H,18,20,21). The van der Waals surface area contributed by atoms with Gasteiger partial charge in [0.1, 0.15) is 5.92 Å². The van der Waals surface area contributed by atoms with Crippen LogP contribution in [0.2, 0.25) is 5.02 Å². The highest BCUT2D eigenvalue weighted by molar-refractivity contribution is 7.90. The lowest BCUT2D eigenvalue weighted by Crippen LogP contribution is -2.45. The summed E-state index contributed by atoms with van der Waals surface area (Å²) in [6.45, 7) is 2.82. The first-order valence-electron chi connectivity index (χ1n) is 14.1. The summed E-state index contributed by atoms with van der Waals surface area (Å²) >= 11 is 5.88. The van der Waals surface area contributed by atoms with Crippen LogP contribution in [0, 0.1) is 0 Å². The number of alkyl halides is 3. The molecule has 6 aromatic rings. The fourth-order valence-corrected chi connectivity index (χ4v) is 7.64. The molecular weight excluding hydrogens is 695 g/mol. The van der Waals surface area contributed by atoms with Crippen molar-refractivity contribution in [1.82, 2.24) is 44.8 Å². The van der Waals surface area contributed by atoms with Crippen molar-refractivity contribution in [2.45, 2.75) is 48.0 Å². The number of halogens is 4. The lowest BCUT2D eigenvalue weighted by Gasteiger charge is -2.25. The Bertz CT molecular complexity index is 2220. The summed E-state index contributed by atoms with van der Waals surface area (Å²) in [6, 6.07) is 16.3. The number of benzene rings is 1. The monoisotopic (exact) mass is 723 g/mol. The topological polar surface area (TPSA) is 191 Å². The van der Waals surface area contributed by atoms with Gasteiger partial charge in [0.25, 0.3) is 20.0 Å². The second-order valence-corrected chi connectivity index (χ2v) is 15.0. The SMILES string of the molecule is CC(C)(Cc1ccc(Cl)cc1)NS(=O)(=O)c1[nH]nc2ncccc12.O=S(=O)(NCC(c1ccc[nH]1)C(F)(F)F)c1[nH]nc2ncccc12. The number of aromatic amines is 3. The van der Waals surface area contributed by atoms with Crippen molar-refractivity contribution in [3.63, 3.8) is 0 Å². The minimum absolute atomic E-state index is 0.0229. The van der Waals surface area contributed by atoms with E-state index in [0.29, 0.717) is 22.5 Å². The number of fused-ring (bicyclic) bond motifs is 2. The fourth-order valence-electron chi connectivity index (χ4n) is 4.86. The van der Waals surface area contributed by atoms with Gasteiger partial charge < -0.3 is 4.98 Å². The van der Waals surface area contributed by atoms with Crippen molar-refractivity contribution in [3.05, 3.63) is 95.5 Å². The average Bonchev–Trinajstić information content (AvgIpc) is 3.78. The van der Waals surface area contributed by atoms with Crippen LogP contribution in [0.25, 0.3) is 22.1 Å². The summed E-state index contributed by atoms with van der Waals surface area (Å²) in [5.41, 5.74) is 0.708. The lowest BCUT2D eigenvalue weighted by atomic mass is 9.96. The maximum Gasteiger partial charge on any atom is 0.398 e. The molecule has 0 fully saturated rings. The molecule has 48 heavy (non-hydrogen) atoms. The zero-order valence-electron chi connectivity index (χ0n) is 25.2. The van der Waals surface area contributed by atoms with Crippen molar-refractivity contribution in [1.29, 1.82) is 0 Å². The van der Waals surface area contributed by atoms with E-state index in [2.05, 4.69) is 40.1 Å². The van der Waals surface area contributed by atoms with Gasteiger partial charge in [-0.2, -0.15) is 23.4 Å². The molecule has 0 bridgehead atoms. The molecule has 254 valence electrons. The highest BCUT2D eigenvalue weighted by atomic mass is 35.5. The van der Waals surface area contributed by atoms with Crippen LogP contribution in [0.15, 0.2) is 89.3 Å². The van der Waals surface area contributed by atoms with Crippen molar-refractivity contribution in [2.24, 2.45) is 0 Å². The first kappa shape index (κ1) is 35.0. The van der Waals surface area contributed by atoms with Crippen LogP contribution in [0.4, 0.5) is 13.2 Å². The Balaban J connectivity index is 0.000000188. The number of nitrogens with one attached hydrogen (secondary N) is 5. The summed E-state index contributed by atoms with van der Waals surface area (Å²) < 4.78 is 94.3. The Kier molecular flexibility index (Phi) is 9.93. The lowest BCUT2D eigenvalue weighted by molar-refractivity contribution is -0.149. The van der Waals surface area contributed by atoms with E-state index < -0.39 is 44.2 Å². The van der Waals surface area contributed by atoms with Crippen LogP contribution in [-0.2, 0) is 26.5 Å². The Labute approximate surface area is 277 Å². The van der Waals surface area contributed by atoms with Gasteiger partial charge in [0.05, 0.1) is 10.8 Å². The number of nitrogens with zero attached hydrogens (tertiary/aromatic N) is 4. The summed E-state index contributed by atoms with van der Waals surface area (Å²) in [7, 11) is -7.98. The zero-order valence-corrected chi connectivity index (χ0v) is 27.6. The molecule has 1 unspecified atom stereocenters. The van der Waals surface area contributed by atoms with E-state index in [-0.39, 0.29) is 26.8 Å². The number of sulfonamides is 2. The van der Waals surface area contributed by atoms with E-state index in [1.54, 1.807) is 30.5 Å². The van der Waals surface area contributed by atoms with Gasteiger partial charge in [-0.15, -0.1) is 0 Å². The highest BCUT2D eigenvalue weighted by Crippen LogP contribution is 2.34. The van der Waals surface area contributed by atoms with Crippen molar-refractivity contribution in [3.8, 4) is 0 Å². The van der Waals surface area contributed by atoms with Crippen LogP contribution >= 0.6 is 11.6 Å². The zero-order chi connectivity index (χ0) is 34.7. The van der Waals surface area contributed by atoms with Gasteiger partial charge in [-0.05, 0) is 74.4 Å². The van der Waals surface area contributed by atoms with Gasteiger partial charge in [0.15, 0.2) is 21.3 Å². The Hall–Kier alpha value is -4.36. The van der Waals surface area contributed by atoms with E-state index in [4.69, 9.17) is 11.6 Å². The predicted octanol–water partition coefficient (Wildman–Crippen LogP) is 4.82. The molecule has 0 radical (unpaired) electrons. The molecule has 5 N–H and O–H groups in total. The molecule has 1 aromatic carbocycles. The number of hydrogen-bond donors (Lipinski definition) is 5. The van der Waals surface area contributed by atoms with E-state index >= 15 is 0 Å². The van der Waals surface area contributed by atoms with Crippen LogP contribution in [0.5, 0.6) is 0 Å². The first-order chi connectivity index (χ1) is 22.6. The molecule has 13 nitrogen and oxygen atoms in total. The van der Waals surface area contributed by atoms with Crippen LogP contribution in [0.1, 0.15) is 31.0 Å². The maximum atomic E-state index is 13.2. The smallest absolute Gasteiger partial charge is 0.364 e. The van der Waals surface area contributed by atoms with Gasteiger partial charge in [-0.3, -0.25) is 10.2 Å². The summed E-state index contributed by atoms with van der Waals surface area (Å²) in [4.78, 5) is 10.4. The minimum Gasteiger partial charge on any atom is -0.364 e. The van der Waals surface area contributed by atoms with E-state index in [1.807, 2.05) is 30.7 Å². The number of hydrogen-bond acceptors (Lipinski definition) is 8. The quantitative estimate of drug-likeness (QED) is 0.133. The van der Waals surface area contributed by atoms with Crippen LogP contribution < -0.4 is 9.44 Å². The number of pyridine rings is 2. The average molecular weight is 724 g/mol. The van der Waals surface area contributed by atoms with E-state index in [9.17, 15) is 30.0 Å². The first-order valence-corrected chi connectivity index (χ1v) is 17.5. The molecule has 0 aliphatic carbocycles. The number of aromatic nitrogens is 7. The molecule has 0 aliphatic rings. The van der Waals surface area contributed by atoms with E-state index in [1.165, 1.54) is 36.7 Å². The van der Waals surface area contributed by atoms with Crippen LogP contribution in [0.3, 0.4) is 0 Å². The third-order valence-corrected chi connectivity index (χ3v) is 10.3. The fraction of sp³-hybridized carbons (Fsp3) is 0.241. The van der Waals surface area contributed by atoms with Crippen LogP contribution in [-0.4, -0.2) is 70.4 Å². The van der Waals surface area contributed by atoms with Gasteiger partial charge >= 0.3 is 6.18 Å². The molecule has 5 heterocycles. The minimum atomic E-state index is -4.61. The third-order valence-electron chi connectivity index (χ3n) is 6.97. The maximum absolute atomic E-state index is 13.2. The predicted molar refractivity (Wildman–Crippen MR) is 172 cm³/mol. The highest BCUT2D eigenvalue weighted by Gasteiger charge is 2.42. The van der Waals surface area contributed by atoms with Gasteiger partial charge in [-0.1, -0.05) is 23.7 Å². The van der Waals surface area contributed by atoms with Crippen molar-refractivity contribution in [2.75, 3.05) is 6.54 Å². The second-order valence-electron chi connectivity index (χ2n) is 11.2. The van der Waals surface area contributed by atoms with Gasteiger partial charge in [0.2, 0.25) is 0 Å². The third kappa shape index (κ3) is 8.19. The molecular formula is C29H29ClF3N9O4S2. The molecule has 0 aliphatic heterocycles. The normalized spacial score (nSPS) is 13.4. The molecule has 0 saturated heterocycles. The van der Waals surface area contributed by atoms with Gasteiger partial charge in [0, 0.05) is 41.4 Å². The summed E-state index contributed by atoms with van der Waals surface area (Å²) in [5, 5.41) is 13.5. The largest absolute Gasteiger partial charge is 0.398 e. The Morgan fingerprint density at radius 1 is 0.812 bits per heavy atom. The molecule has 6 rings (SSSR count). The summed E-state index contributed by atoms with van der Waals surface area (Å²) in [5.74, 6) is -1.99. The molecule has 1 atom stereocenters. The molecule has 5 aromatic heterocycles. The second kappa shape index (κ2) is 13.6. The van der Waals surface area contributed by atoms with E-state index in [0.717, 1.165) is 5.56 Å². The molecule has 19 heteroatoms. The molecule has 0 saturated carbocycles. The summed E-state index contributed by atoms with van der Waals surface area (Å²) in [6.07, 6.45) is 0.255. The molecule has 0 spiro atoms. The molecule has 0 amide bonds. The van der Waals surface area contributed by atoms with Gasteiger partial charge in [-0.25, -0.2) is 36.2 Å². The Morgan fingerprint density at radius 3 is 1.90 bits per heavy atom. The number of rotatable bonds is 10.